The molecular weight excluding hydrogens is 460 g/mol. The summed E-state index contributed by atoms with van der Waals surface area (Å²) in [7, 11) is -2.21. The van der Waals surface area contributed by atoms with Gasteiger partial charge in [-0.3, -0.25) is 9.10 Å². The Balaban J connectivity index is 1.44. The van der Waals surface area contributed by atoms with Crippen LogP contribution in [-0.2, 0) is 10.0 Å². The van der Waals surface area contributed by atoms with Crippen LogP contribution in [0.3, 0.4) is 0 Å². The Labute approximate surface area is 205 Å². The number of sulfonamides is 1. The van der Waals surface area contributed by atoms with Gasteiger partial charge in [0.2, 0.25) is 0 Å². The quantitative estimate of drug-likeness (QED) is 0.304. The summed E-state index contributed by atoms with van der Waals surface area (Å²) in [5, 5.41) is 4.12. The van der Waals surface area contributed by atoms with Gasteiger partial charge in [0.15, 0.2) is 0 Å². The van der Waals surface area contributed by atoms with Gasteiger partial charge in [-0.1, -0.05) is 36.4 Å². The maximum absolute atomic E-state index is 12.8. The molecule has 0 unspecified atom stereocenters. The van der Waals surface area contributed by atoms with Crippen molar-refractivity contribution in [2.24, 2.45) is 5.10 Å². The van der Waals surface area contributed by atoms with E-state index in [1.807, 2.05) is 50.2 Å². The maximum atomic E-state index is 12.8. The first kappa shape index (κ1) is 24.0. The first-order valence-corrected chi connectivity index (χ1v) is 12.4. The number of aryl methyl sites for hydroxylation is 1. The van der Waals surface area contributed by atoms with E-state index in [2.05, 4.69) is 15.1 Å². The molecule has 4 aromatic rings. The summed E-state index contributed by atoms with van der Waals surface area (Å²) >= 11 is 0. The number of carbonyl (C=O) groups excluding carboxylic acids is 1. The van der Waals surface area contributed by atoms with Crippen molar-refractivity contribution in [1.82, 2.24) is 9.99 Å². The van der Waals surface area contributed by atoms with Crippen molar-refractivity contribution < 1.29 is 13.2 Å². The zero-order valence-electron chi connectivity index (χ0n) is 19.7. The average molecular weight is 487 g/mol. The molecule has 0 radical (unpaired) electrons. The molecule has 35 heavy (non-hydrogen) atoms. The predicted molar refractivity (Wildman–Crippen MR) is 139 cm³/mol. The lowest BCUT2D eigenvalue weighted by molar-refractivity contribution is 0.0955. The molecule has 0 spiro atoms. The van der Waals surface area contributed by atoms with Crippen LogP contribution in [0.5, 0.6) is 0 Å². The highest BCUT2D eigenvalue weighted by atomic mass is 32.2. The molecule has 0 aliphatic heterocycles. The largest absolute Gasteiger partial charge is 0.318 e. The number of carbonyl (C=O) groups is 1. The van der Waals surface area contributed by atoms with E-state index in [0.717, 1.165) is 22.6 Å². The minimum atomic E-state index is -3.69. The van der Waals surface area contributed by atoms with Crippen LogP contribution >= 0.6 is 0 Å². The molecule has 7 nitrogen and oxygen atoms in total. The molecule has 0 atom stereocenters. The van der Waals surface area contributed by atoms with E-state index in [0.29, 0.717) is 11.3 Å². The molecule has 178 valence electrons. The van der Waals surface area contributed by atoms with Crippen LogP contribution in [0.25, 0.3) is 5.69 Å². The number of nitrogens with zero attached hydrogens (tertiary/aromatic N) is 3. The molecule has 8 heteroatoms. The molecule has 3 aromatic carbocycles. The molecular formula is C27H26N4O3S. The maximum Gasteiger partial charge on any atom is 0.271 e. The molecule has 0 saturated carbocycles. The SMILES string of the molecule is Cc1cc(/C=N/NC(=O)c2ccc(N(C)S(=O)(=O)c3ccccc3)cc2)c(C)n1-c1ccccc1. The lowest BCUT2D eigenvalue weighted by atomic mass is 10.2. The van der Waals surface area contributed by atoms with Crippen molar-refractivity contribution in [3.05, 3.63) is 114 Å². The lowest BCUT2D eigenvalue weighted by Gasteiger charge is -2.19. The Morgan fingerprint density at radius 3 is 2.14 bits per heavy atom. The molecule has 1 heterocycles. The van der Waals surface area contributed by atoms with Crippen LogP contribution in [0.2, 0.25) is 0 Å². The predicted octanol–water partition coefficient (Wildman–Crippen LogP) is 4.68. The van der Waals surface area contributed by atoms with Crippen LogP contribution in [-0.4, -0.2) is 32.2 Å². The third kappa shape index (κ3) is 5.02. The Hall–Kier alpha value is -4.17. The number of benzene rings is 3. The monoisotopic (exact) mass is 486 g/mol. The number of hydrogen-bond donors (Lipinski definition) is 1. The van der Waals surface area contributed by atoms with Gasteiger partial charge in [-0.2, -0.15) is 5.10 Å². The molecule has 0 saturated heterocycles. The lowest BCUT2D eigenvalue weighted by Crippen LogP contribution is -2.26. The van der Waals surface area contributed by atoms with Gasteiger partial charge < -0.3 is 4.57 Å². The fourth-order valence-corrected chi connectivity index (χ4v) is 5.05. The first-order valence-electron chi connectivity index (χ1n) is 11.0. The van der Waals surface area contributed by atoms with E-state index in [1.54, 1.807) is 60.8 Å². The Morgan fingerprint density at radius 2 is 1.51 bits per heavy atom. The number of nitrogens with one attached hydrogen (secondary N) is 1. The van der Waals surface area contributed by atoms with Crippen LogP contribution in [0.1, 0.15) is 27.3 Å². The molecule has 0 fully saturated rings. The molecule has 0 aliphatic carbocycles. The van der Waals surface area contributed by atoms with Crippen LogP contribution in [0.4, 0.5) is 5.69 Å². The van der Waals surface area contributed by atoms with Gasteiger partial charge in [0.1, 0.15) is 0 Å². The van der Waals surface area contributed by atoms with Crippen LogP contribution < -0.4 is 9.73 Å². The van der Waals surface area contributed by atoms with E-state index in [4.69, 9.17) is 0 Å². The van der Waals surface area contributed by atoms with Crippen molar-refractivity contribution in [3.63, 3.8) is 0 Å². The molecule has 0 bridgehead atoms. The highest BCUT2D eigenvalue weighted by Gasteiger charge is 2.21. The minimum Gasteiger partial charge on any atom is -0.318 e. The highest BCUT2D eigenvalue weighted by molar-refractivity contribution is 7.92. The number of aromatic nitrogens is 1. The van der Waals surface area contributed by atoms with Gasteiger partial charge in [0.25, 0.3) is 15.9 Å². The first-order chi connectivity index (χ1) is 16.8. The Morgan fingerprint density at radius 1 is 0.914 bits per heavy atom. The second-order valence-electron chi connectivity index (χ2n) is 8.03. The van der Waals surface area contributed by atoms with Gasteiger partial charge in [-0.25, -0.2) is 13.8 Å². The van der Waals surface area contributed by atoms with E-state index >= 15 is 0 Å². The number of hydrazone groups is 1. The fraction of sp³-hybridized carbons (Fsp3) is 0.111. The Bertz CT molecular complexity index is 1460. The van der Waals surface area contributed by atoms with E-state index in [-0.39, 0.29) is 4.90 Å². The third-order valence-corrected chi connectivity index (χ3v) is 7.55. The molecule has 1 N–H and O–H groups in total. The summed E-state index contributed by atoms with van der Waals surface area (Å²) < 4.78 is 28.9. The zero-order chi connectivity index (χ0) is 25.0. The number of rotatable bonds is 7. The molecule has 1 amide bonds. The minimum absolute atomic E-state index is 0.199. The smallest absolute Gasteiger partial charge is 0.271 e. The second-order valence-corrected chi connectivity index (χ2v) is 10.00. The average Bonchev–Trinajstić information content (AvgIpc) is 3.17. The van der Waals surface area contributed by atoms with Gasteiger partial charge in [0.05, 0.1) is 16.8 Å². The zero-order valence-corrected chi connectivity index (χ0v) is 20.5. The van der Waals surface area contributed by atoms with Gasteiger partial charge in [0, 0.05) is 35.2 Å². The standard InChI is InChI=1S/C27H26N4O3S/c1-20-18-23(21(2)31(20)25-10-6-4-7-11-25)19-28-29-27(32)22-14-16-24(17-15-22)30(3)35(33,34)26-12-8-5-9-13-26/h4-19H,1-3H3,(H,29,32)/b28-19+. The number of para-hydroxylation sites is 1. The second kappa shape index (κ2) is 9.99. The van der Waals surface area contributed by atoms with Gasteiger partial charge in [-0.05, 0) is 68.4 Å². The summed E-state index contributed by atoms with van der Waals surface area (Å²) in [4.78, 5) is 12.8. The summed E-state index contributed by atoms with van der Waals surface area (Å²) in [6, 6.07) is 26.5. The summed E-state index contributed by atoms with van der Waals surface area (Å²) in [5.41, 5.74) is 7.38. The molecule has 1 aromatic heterocycles. The Kier molecular flexibility index (Phi) is 6.84. The van der Waals surface area contributed by atoms with Crippen LogP contribution in [0, 0.1) is 13.8 Å². The van der Waals surface area contributed by atoms with E-state index < -0.39 is 15.9 Å². The van der Waals surface area contributed by atoms with Crippen molar-refractivity contribution in [1.29, 1.82) is 0 Å². The van der Waals surface area contributed by atoms with Gasteiger partial charge in [-0.15, -0.1) is 0 Å². The topological polar surface area (TPSA) is 83.8 Å². The summed E-state index contributed by atoms with van der Waals surface area (Å²) in [5.74, 6) is -0.391. The molecule has 4 rings (SSSR count). The van der Waals surface area contributed by atoms with E-state index in [9.17, 15) is 13.2 Å². The highest BCUT2D eigenvalue weighted by Crippen LogP contribution is 2.22. The van der Waals surface area contributed by atoms with E-state index in [1.165, 1.54) is 11.4 Å². The number of anilines is 1. The number of hydrogen-bond acceptors (Lipinski definition) is 4. The van der Waals surface area contributed by atoms with Gasteiger partial charge >= 0.3 is 0 Å². The van der Waals surface area contributed by atoms with Crippen molar-refractivity contribution >= 4 is 27.8 Å². The van der Waals surface area contributed by atoms with Crippen molar-refractivity contribution in [2.75, 3.05) is 11.4 Å². The molecule has 0 aliphatic rings. The van der Waals surface area contributed by atoms with Crippen molar-refractivity contribution in [3.8, 4) is 5.69 Å². The number of amides is 1. The summed E-state index contributed by atoms with van der Waals surface area (Å²) in [6.07, 6.45) is 1.62. The van der Waals surface area contributed by atoms with Crippen molar-refractivity contribution in [2.45, 2.75) is 18.7 Å². The third-order valence-electron chi connectivity index (χ3n) is 5.75. The van der Waals surface area contributed by atoms with Crippen LogP contribution in [0.15, 0.2) is 101 Å². The fourth-order valence-electron chi connectivity index (χ4n) is 3.83. The normalized spacial score (nSPS) is 11.5. The summed E-state index contributed by atoms with van der Waals surface area (Å²) in [6.45, 7) is 4.02.